The van der Waals surface area contributed by atoms with Crippen molar-refractivity contribution in [2.45, 2.75) is 38.6 Å². The van der Waals surface area contributed by atoms with E-state index in [4.69, 9.17) is 4.42 Å². The van der Waals surface area contributed by atoms with Crippen molar-refractivity contribution in [3.63, 3.8) is 0 Å². The Morgan fingerprint density at radius 1 is 1.36 bits per heavy atom. The molecular formula is C16H22N2O3S. The number of thioether (sulfide) groups is 1. The summed E-state index contributed by atoms with van der Waals surface area (Å²) in [4.78, 5) is 28.0. The Kier molecular flexibility index (Phi) is 4.76. The standard InChI is InChI=1S/C16H22N2O3S/c1-12-6-7-14(21-12)13-5-3-2-4-8-18(13)15(19)9-17-11-22-10-16(17)20/h6-7,13H,2-5,8-11H2,1H3/t13-/m0/s1. The number of aryl methyl sites for hydroxylation is 1. The molecule has 0 unspecified atom stereocenters. The van der Waals surface area contributed by atoms with Gasteiger partial charge in [-0.2, -0.15) is 0 Å². The van der Waals surface area contributed by atoms with Crippen LogP contribution in [0.4, 0.5) is 0 Å². The number of amides is 2. The van der Waals surface area contributed by atoms with Crippen molar-refractivity contribution >= 4 is 23.6 Å². The Morgan fingerprint density at radius 2 is 2.23 bits per heavy atom. The SMILES string of the molecule is Cc1ccc([C@@H]2CCCCCN2C(=O)CN2CSCC2=O)o1. The molecule has 2 saturated heterocycles. The fraction of sp³-hybridized carbons (Fsp3) is 0.625. The van der Waals surface area contributed by atoms with E-state index in [1.54, 1.807) is 16.7 Å². The van der Waals surface area contributed by atoms with Crippen LogP contribution in [-0.2, 0) is 9.59 Å². The molecule has 22 heavy (non-hydrogen) atoms. The summed E-state index contributed by atoms with van der Waals surface area (Å²) in [5.41, 5.74) is 0. The fourth-order valence-electron chi connectivity index (χ4n) is 3.13. The highest BCUT2D eigenvalue weighted by Gasteiger charge is 2.31. The summed E-state index contributed by atoms with van der Waals surface area (Å²) in [6, 6.07) is 3.93. The maximum absolute atomic E-state index is 12.7. The average molecular weight is 322 g/mol. The first kappa shape index (κ1) is 15.5. The minimum absolute atomic E-state index is 0.00839. The van der Waals surface area contributed by atoms with E-state index in [2.05, 4.69) is 0 Å². The zero-order valence-corrected chi connectivity index (χ0v) is 13.7. The minimum atomic E-state index is 0.00839. The molecule has 2 amide bonds. The van der Waals surface area contributed by atoms with Crippen LogP contribution in [0.25, 0.3) is 0 Å². The normalized spacial score (nSPS) is 23.0. The van der Waals surface area contributed by atoms with Crippen LogP contribution in [-0.4, -0.2) is 46.3 Å². The van der Waals surface area contributed by atoms with E-state index < -0.39 is 0 Å². The second-order valence-electron chi connectivity index (χ2n) is 5.97. The molecule has 0 bridgehead atoms. The third-order valence-electron chi connectivity index (χ3n) is 4.31. The summed E-state index contributed by atoms with van der Waals surface area (Å²) >= 11 is 1.57. The van der Waals surface area contributed by atoms with Crippen molar-refractivity contribution in [1.29, 1.82) is 0 Å². The molecule has 2 fully saturated rings. The van der Waals surface area contributed by atoms with E-state index in [0.29, 0.717) is 11.6 Å². The number of carbonyl (C=O) groups is 2. The van der Waals surface area contributed by atoms with Gasteiger partial charge in [-0.05, 0) is 31.9 Å². The largest absolute Gasteiger partial charge is 0.464 e. The predicted octanol–water partition coefficient (Wildman–Crippen LogP) is 2.56. The fourth-order valence-corrected chi connectivity index (χ4v) is 4.03. The van der Waals surface area contributed by atoms with Crippen molar-refractivity contribution in [1.82, 2.24) is 9.80 Å². The van der Waals surface area contributed by atoms with Crippen molar-refractivity contribution in [2.24, 2.45) is 0 Å². The predicted molar refractivity (Wildman–Crippen MR) is 85.4 cm³/mol. The van der Waals surface area contributed by atoms with Crippen molar-refractivity contribution < 1.29 is 14.0 Å². The third-order valence-corrected chi connectivity index (χ3v) is 5.26. The Hall–Kier alpha value is -1.43. The van der Waals surface area contributed by atoms with Crippen LogP contribution >= 0.6 is 11.8 Å². The van der Waals surface area contributed by atoms with Crippen LogP contribution in [0, 0.1) is 6.92 Å². The van der Waals surface area contributed by atoms with Crippen LogP contribution in [0.2, 0.25) is 0 Å². The molecule has 0 spiro atoms. The number of likely N-dealkylation sites (tertiary alicyclic amines) is 1. The summed E-state index contributed by atoms with van der Waals surface area (Å²) < 4.78 is 5.77. The second kappa shape index (κ2) is 6.77. The summed E-state index contributed by atoms with van der Waals surface area (Å²) in [6.45, 7) is 2.87. The molecule has 6 heteroatoms. The van der Waals surface area contributed by atoms with E-state index in [0.717, 1.165) is 43.7 Å². The summed E-state index contributed by atoms with van der Waals surface area (Å²) in [7, 11) is 0. The van der Waals surface area contributed by atoms with Crippen molar-refractivity contribution in [3.05, 3.63) is 23.7 Å². The highest BCUT2D eigenvalue weighted by Crippen LogP contribution is 2.31. The van der Waals surface area contributed by atoms with Gasteiger partial charge in [0.25, 0.3) is 0 Å². The van der Waals surface area contributed by atoms with E-state index in [-0.39, 0.29) is 24.4 Å². The molecule has 1 aromatic heterocycles. The lowest BCUT2D eigenvalue weighted by Crippen LogP contribution is -2.42. The molecule has 120 valence electrons. The first-order chi connectivity index (χ1) is 10.6. The molecule has 2 aliphatic heterocycles. The van der Waals surface area contributed by atoms with Crippen molar-refractivity contribution in [3.8, 4) is 0 Å². The third kappa shape index (κ3) is 3.32. The van der Waals surface area contributed by atoms with Gasteiger partial charge in [0, 0.05) is 6.54 Å². The highest BCUT2D eigenvalue weighted by molar-refractivity contribution is 8.00. The van der Waals surface area contributed by atoms with Crippen LogP contribution < -0.4 is 0 Å². The first-order valence-electron chi connectivity index (χ1n) is 7.86. The van der Waals surface area contributed by atoms with E-state index >= 15 is 0 Å². The van der Waals surface area contributed by atoms with E-state index in [1.165, 1.54) is 0 Å². The molecule has 5 nitrogen and oxygen atoms in total. The molecule has 3 heterocycles. The monoisotopic (exact) mass is 322 g/mol. The molecule has 2 aliphatic rings. The number of nitrogens with zero attached hydrogens (tertiary/aromatic N) is 2. The van der Waals surface area contributed by atoms with Gasteiger partial charge in [-0.3, -0.25) is 9.59 Å². The molecule has 0 aromatic carbocycles. The smallest absolute Gasteiger partial charge is 0.242 e. The Bertz CT molecular complexity index is 557. The molecule has 0 radical (unpaired) electrons. The summed E-state index contributed by atoms with van der Waals surface area (Å²) in [5, 5.41) is 0. The molecule has 1 atom stereocenters. The van der Waals surface area contributed by atoms with Crippen LogP contribution in [0.3, 0.4) is 0 Å². The van der Waals surface area contributed by atoms with Crippen LogP contribution in [0.1, 0.15) is 43.2 Å². The van der Waals surface area contributed by atoms with Gasteiger partial charge in [0.05, 0.1) is 17.7 Å². The first-order valence-corrected chi connectivity index (χ1v) is 9.02. The van der Waals surface area contributed by atoms with Gasteiger partial charge in [-0.15, -0.1) is 11.8 Å². The molecule has 0 saturated carbocycles. The zero-order valence-electron chi connectivity index (χ0n) is 12.9. The maximum atomic E-state index is 12.7. The number of furan rings is 1. The summed E-state index contributed by atoms with van der Waals surface area (Å²) in [6.07, 6.45) is 4.19. The molecule has 1 aromatic rings. The highest BCUT2D eigenvalue weighted by atomic mass is 32.2. The molecule has 0 aliphatic carbocycles. The lowest BCUT2D eigenvalue weighted by molar-refractivity contribution is -0.140. The Morgan fingerprint density at radius 3 is 2.91 bits per heavy atom. The molecule has 0 N–H and O–H groups in total. The van der Waals surface area contributed by atoms with Crippen molar-refractivity contribution in [2.75, 3.05) is 24.7 Å². The molecule has 3 rings (SSSR count). The quantitative estimate of drug-likeness (QED) is 0.858. The van der Waals surface area contributed by atoms with Gasteiger partial charge < -0.3 is 14.2 Å². The number of carbonyl (C=O) groups excluding carboxylic acids is 2. The Balaban J connectivity index is 1.75. The van der Waals surface area contributed by atoms with Crippen LogP contribution in [0.15, 0.2) is 16.5 Å². The van der Waals surface area contributed by atoms with E-state index in [1.807, 2.05) is 24.0 Å². The van der Waals surface area contributed by atoms with Gasteiger partial charge in [0.15, 0.2) is 0 Å². The van der Waals surface area contributed by atoms with E-state index in [9.17, 15) is 9.59 Å². The maximum Gasteiger partial charge on any atom is 0.242 e. The summed E-state index contributed by atoms with van der Waals surface area (Å²) in [5.74, 6) is 2.97. The van der Waals surface area contributed by atoms with Gasteiger partial charge >= 0.3 is 0 Å². The van der Waals surface area contributed by atoms with Gasteiger partial charge in [-0.1, -0.05) is 12.8 Å². The Labute approximate surface area is 135 Å². The topological polar surface area (TPSA) is 53.8 Å². The zero-order chi connectivity index (χ0) is 15.5. The average Bonchev–Trinajstić information content (AvgIpc) is 3.00. The lowest BCUT2D eigenvalue weighted by atomic mass is 10.1. The van der Waals surface area contributed by atoms with Gasteiger partial charge in [-0.25, -0.2) is 0 Å². The van der Waals surface area contributed by atoms with Crippen LogP contribution in [0.5, 0.6) is 0 Å². The lowest BCUT2D eigenvalue weighted by Gasteiger charge is -2.30. The minimum Gasteiger partial charge on any atom is -0.464 e. The number of rotatable bonds is 3. The number of hydrogen-bond donors (Lipinski definition) is 0. The van der Waals surface area contributed by atoms with Gasteiger partial charge in [0.2, 0.25) is 11.8 Å². The molecular weight excluding hydrogens is 300 g/mol. The number of hydrogen-bond acceptors (Lipinski definition) is 4. The second-order valence-corrected chi connectivity index (χ2v) is 6.93. The van der Waals surface area contributed by atoms with Gasteiger partial charge in [0.1, 0.15) is 18.1 Å².